The molecule has 1 unspecified atom stereocenters. The largest absolute Gasteiger partial charge is 0.480 e. The van der Waals surface area contributed by atoms with Gasteiger partial charge in [0.15, 0.2) is 0 Å². The summed E-state index contributed by atoms with van der Waals surface area (Å²) < 4.78 is 29.7. The van der Waals surface area contributed by atoms with Crippen LogP contribution in [0.25, 0.3) is 0 Å². The van der Waals surface area contributed by atoms with Crippen molar-refractivity contribution < 1.29 is 23.1 Å². The second kappa shape index (κ2) is 7.08. The lowest BCUT2D eigenvalue weighted by atomic mass is 10.0. The monoisotopic (exact) mass is 305 g/mol. The van der Waals surface area contributed by atoms with Gasteiger partial charge < -0.3 is 9.52 Å². The third kappa shape index (κ3) is 4.21. The molecule has 0 bridgehead atoms. The third-order valence-electron chi connectivity index (χ3n) is 3.33. The predicted molar refractivity (Wildman–Crippen MR) is 71.7 cm³/mol. The lowest BCUT2D eigenvalue weighted by Crippen LogP contribution is -2.43. The fourth-order valence-corrected chi connectivity index (χ4v) is 2.84. The van der Waals surface area contributed by atoms with Gasteiger partial charge in [-0.15, -0.1) is 0 Å². The van der Waals surface area contributed by atoms with Crippen LogP contribution in [0.1, 0.15) is 30.8 Å². The zero-order valence-electron chi connectivity index (χ0n) is 10.9. The number of alkyl halides is 2. The summed E-state index contributed by atoms with van der Waals surface area (Å²) in [6.45, 7) is 1.13. The Kier molecular flexibility index (Phi) is 5.42. The van der Waals surface area contributed by atoms with Crippen LogP contribution in [0.3, 0.4) is 0 Å². The minimum Gasteiger partial charge on any atom is -0.480 e. The molecule has 2 heterocycles. The molecule has 1 atom stereocenters. The van der Waals surface area contributed by atoms with Crippen LogP contribution in [0, 0.1) is 0 Å². The Morgan fingerprint density at radius 1 is 1.45 bits per heavy atom. The Hall–Kier alpha value is -1.08. The molecule has 7 heteroatoms. The topological polar surface area (TPSA) is 53.7 Å². The number of furan rings is 1. The SMILES string of the molecule is O=C(O)C1CCCCN1Cc1ccc(CSC(F)F)o1. The van der Waals surface area contributed by atoms with Gasteiger partial charge in [-0.3, -0.25) is 9.69 Å². The molecule has 4 nitrogen and oxygen atoms in total. The fraction of sp³-hybridized carbons (Fsp3) is 0.615. The van der Waals surface area contributed by atoms with Gasteiger partial charge in [0, 0.05) is 0 Å². The van der Waals surface area contributed by atoms with E-state index in [1.54, 1.807) is 12.1 Å². The normalized spacial score (nSPS) is 20.4. The number of halogens is 2. The maximum Gasteiger partial charge on any atom is 0.320 e. The lowest BCUT2D eigenvalue weighted by Gasteiger charge is -2.31. The van der Waals surface area contributed by atoms with Crippen LogP contribution in [0.4, 0.5) is 8.78 Å². The molecule has 0 aromatic carbocycles. The van der Waals surface area contributed by atoms with Crippen molar-refractivity contribution in [2.24, 2.45) is 0 Å². The van der Waals surface area contributed by atoms with E-state index in [0.717, 1.165) is 19.4 Å². The number of carboxylic acids is 1. The molecule has 1 aromatic heterocycles. The first kappa shape index (κ1) is 15.3. The summed E-state index contributed by atoms with van der Waals surface area (Å²) in [5.74, 6) is -1.98. The first-order chi connectivity index (χ1) is 9.56. The Balaban J connectivity index is 1.93. The highest BCUT2D eigenvalue weighted by Crippen LogP contribution is 2.24. The molecule has 0 saturated carbocycles. The van der Waals surface area contributed by atoms with Gasteiger partial charge in [0.05, 0.1) is 12.3 Å². The van der Waals surface area contributed by atoms with Gasteiger partial charge in [-0.2, -0.15) is 8.78 Å². The number of hydrogen-bond acceptors (Lipinski definition) is 4. The number of piperidine rings is 1. The van der Waals surface area contributed by atoms with Gasteiger partial charge in [0.2, 0.25) is 0 Å². The van der Waals surface area contributed by atoms with Crippen molar-refractivity contribution in [2.75, 3.05) is 6.54 Å². The zero-order chi connectivity index (χ0) is 14.5. The maximum absolute atomic E-state index is 12.1. The average Bonchev–Trinajstić information content (AvgIpc) is 2.84. The molecule has 1 saturated heterocycles. The molecule has 1 aliphatic rings. The van der Waals surface area contributed by atoms with E-state index in [2.05, 4.69) is 0 Å². The highest BCUT2D eigenvalue weighted by molar-refractivity contribution is 7.98. The van der Waals surface area contributed by atoms with E-state index in [9.17, 15) is 18.7 Å². The third-order valence-corrected chi connectivity index (χ3v) is 4.03. The van der Waals surface area contributed by atoms with E-state index >= 15 is 0 Å². The number of carbonyl (C=O) groups is 1. The zero-order valence-corrected chi connectivity index (χ0v) is 11.7. The molecular formula is C13H17F2NO3S. The summed E-state index contributed by atoms with van der Waals surface area (Å²) in [6.07, 6.45) is 2.53. The minimum absolute atomic E-state index is 0.125. The summed E-state index contributed by atoms with van der Waals surface area (Å²) in [6, 6.07) is 2.92. The van der Waals surface area contributed by atoms with E-state index < -0.39 is 17.8 Å². The van der Waals surface area contributed by atoms with Gasteiger partial charge in [0.25, 0.3) is 5.76 Å². The molecule has 0 radical (unpaired) electrons. The summed E-state index contributed by atoms with van der Waals surface area (Å²) in [5, 5.41) is 9.18. The summed E-state index contributed by atoms with van der Waals surface area (Å²) in [7, 11) is 0. The quantitative estimate of drug-likeness (QED) is 0.875. The van der Waals surface area contributed by atoms with Crippen molar-refractivity contribution in [1.29, 1.82) is 0 Å². The smallest absolute Gasteiger partial charge is 0.320 e. The highest BCUT2D eigenvalue weighted by Gasteiger charge is 2.28. The van der Waals surface area contributed by atoms with Crippen molar-refractivity contribution in [3.8, 4) is 0 Å². The van der Waals surface area contributed by atoms with Crippen LogP contribution in [0.15, 0.2) is 16.5 Å². The van der Waals surface area contributed by atoms with Crippen LogP contribution < -0.4 is 0 Å². The number of aliphatic carboxylic acids is 1. The van der Waals surface area contributed by atoms with Gasteiger partial charge >= 0.3 is 5.97 Å². The Bertz CT molecular complexity index is 453. The van der Waals surface area contributed by atoms with Crippen LogP contribution in [-0.2, 0) is 17.1 Å². The standard InChI is InChI=1S/C13H17F2NO3S/c14-13(15)20-8-10-5-4-9(19-10)7-16-6-2-1-3-11(16)12(17)18/h4-5,11,13H,1-3,6-8H2,(H,17,18). The van der Waals surface area contributed by atoms with E-state index in [4.69, 9.17) is 4.42 Å². The number of rotatable bonds is 6. The van der Waals surface area contributed by atoms with Gasteiger partial charge in [0.1, 0.15) is 17.6 Å². The van der Waals surface area contributed by atoms with E-state index in [1.165, 1.54) is 0 Å². The van der Waals surface area contributed by atoms with Crippen LogP contribution >= 0.6 is 11.8 Å². The number of hydrogen-bond donors (Lipinski definition) is 1. The Morgan fingerprint density at radius 3 is 2.90 bits per heavy atom. The van der Waals surface area contributed by atoms with Gasteiger partial charge in [-0.1, -0.05) is 18.2 Å². The molecule has 0 spiro atoms. The van der Waals surface area contributed by atoms with Crippen molar-refractivity contribution in [2.45, 2.75) is 43.4 Å². The number of likely N-dealkylation sites (tertiary alicyclic amines) is 1. The van der Waals surface area contributed by atoms with E-state index in [0.29, 0.717) is 36.2 Å². The number of thioether (sulfide) groups is 1. The first-order valence-corrected chi connectivity index (χ1v) is 7.55. The Labute approximate surface area is 120 Å². The second-order valence-corrected chi connectivity index (χ2v) is 5.74. The fourth-order valence-electron chi connectivity index (χ4n) is 2.39. The van der Waals surface area contributed by atoms with Crippen molar-refractivity contribution in [3.05, 3.63) is 23.7 Å². The average molecular weight is 305 g/mol. The van der Waals surface area contributed by atoms with E-state index in [1.807, 2.05) is 4.90 Å². The van der Waals surface area contributed by atoms with Gasteiger partial charge in [-0.25, -0.2) is 0 Å². The molecule has 2 rings (SSSR count). The number of nitrogens with zero attached hydrogens (tertiary/aromatic N) is 1. The predicted octanol–water partition coefficient (Wildman–Crippen LogP) is 3.17. The van der Waals surface area contributed by atoms with Crippen molar-refractivity contribution in [1.82, 2.24) is 4.90 Å². The molecule has 1 N–H and O–H groups in total. The van der Waals surface area contributed by atoms with Gasteiger partial charge in [-0.05, 0) is 31.5 Å². The van der Waals surface area contributed by atoms with Crippen molar-refractivity contribution >= 4 is 17.7 Å². The van der Waals surface area contributed by atoms with E-state index in [-0.39, 0.29) is 5.75 Å². The molecule has 1 aromatic rings. The lowest BCUT2D eigenvalue weighted by molar-refractivity contribution is -0.145. The molecule has 0 aliphatic carbocycles. The highest BCUT2D eigenvalue weighted by atomic mass is 32.2. The molecule has 1 fully saturated rings. The molecule has 1 aliphatic heterocycles. The molecule has 20 heavy (non-hydrogen) atoms. The second-order valence-electron chi connectivity index (χ2n) is 4.76. The van der Waals surface area contributed by atoms with Crippen LogP contribution in [0.2, 0.25) is 0 Å². The summed E-state index contributed by atoms with van der Waals surface area (Å²) in [5.41, 5.74) is 0. The van der Waals surface area contributed by atoms with Crippen LogP contribution in [0.5, 0.6) is 0 Å². The first-order valence-electron chi connectivity index (χ1n) is 6.50. The molecular weight excluding hydrogens is 288 g/mol. The van der Waals surface area contributed by atoms with Crippen molar-refractivity contribution in [3.63, 3.8) is 0 Å². The summed E-state index contributed by atoms with van der Waals surface area (Å²) >= 11 is 0.514. The Morgan fingerprint density at radius 2 is 2.20 bits per heavy atom. The number of carboxylic acid groups (broad SMARTS) is 1. The molecule has 112 valence electrons. The maximum atomic E-state index is 12.1. The minimum atomic E-state index is -2.41. The molecule has 0 amide bonds. The van der Waals surface area contributed by atoms with Crippen LogP contribution in [-0.4, -0.2) is 34.3 Å². The summed E-state index contributed by atoms with van der Waals surface area (Å²) in [4.78, 5) is 13.0.